The first-order valence-corrected chi connectivity index (χ1v) is 15.4. The molecule has 0 saturated heterocycles. The average molecular weight is 692 g/mol. The van der Waals surface area contributed by atoms with E-state index in [1.165, 1.54) is 42.0 Å². The van der Waals surface area contributed by atoms with Gasteiger partial charge < -0.3 is 25.0 Å². The molecule has 1 aliphatic rings. The fraction of sp³-hybridized carbons (Fsp3) is 0.235. The van der Waals surface area contributed by atoms with Crippen molar-refractivity contribution in [3.8, 4) is 16.9 Å². The van der Waals surface area contributed by atoms with E-state index in [2.05, 4.69) is 25.7 Å². The largest absolute Gasteiger partial charge is 0.505 e. The molecule has 0 aliphatic carbocycles. The average Bonchev–Trinajstić information content (AvgIpc) is 3.53. The summed E-state index contributed by atoms with van der Waals surface area (Å²) in [6.07, 6.45) is -0.891. The number of rotatable bonds is 8. The number of alkyl halides is 3. The molecule has 16 heteroatoms. The van der Waals surface area contributed by atoms with E-state index in [1.807, 2.05) is 0 Å². The number of aromatic nitrogens is 5. The normalized spacial score (nSPS) is 13.3. The van der Waals surface area contributed by atoms with Gasteiger partial charge in [-0.1, -0.05) is 13.0 Å². The van der Waals surface area contributed by atoms with Gasteiger partial charge in [0.15, 0.2) is 11.5 Å². The van der Waals surface area contributed by atoms with Crippen LogP contribution in [0.25, 0.3) is 22.5 Å². The first kappa shape index (κ1) is 34.0. The molecule has 2 amide bonds. The number of ether oxygens (including phenoxy) is 1. The van der Waals surface area contributed by atoms with Crippen molar-refractivity contribution in [3.63, 3.8) is 0 Å². The lowest BCUT2D eigenvalue weighted by Crippen LogP contribution is -2.29. The topological polar surface area (TPSA) is 153 Å². The highest BCUT2D eigenvalue weighted by Crippen LogP contribution is 2.32. The summed E-state index contributed by atoms with van der Waals surface area (Å²) in [7, 11) is 0. The molecule has 1 aliphatic heterocycles. The molecule has 0 fully saturated rings. The molecule has 6 rings (SSSR count). The Kier molecular flexibility index (Phi) is 9.20. The predicted octanol–water partition coefficient (Wildman–Crippen LogP) is 5.38. The smallest absolute Gasteiger partial charge is 0.416 e. The molecule has 258 valence electrons. The van der Waals surface area contributed by atoms with E-state index in [1.54, 1.807) is 13.0 Å². The van der Waals surface area contributed by atoms with Gasteiger partial charge in [-0.2, -0.15) is 22.7 Å². The Morgan fingerprint density at radius 2 is 1.90 bits per heavy atom. The van der Waals surface area contributed by atoms with Crippen molar-refractivity contribution >= 4 is 34.5 Å². The summed E-state index contributed by atoms with van der Waals surface area (Å²) in [5.74, 6) is -2.48. The molecule has 3 N–H and O–H groups in total. The van der Waals surface area contributed by atoms with Gasteiger partial charge >= 0.3 is 6.18 Å². The number of benzene rings is 2. The summed E-state index contributed by atoms with van der Waals surface area (Å²) in [5.41, 5.74) is -0.838. The number of hydrogen-bond acceptors (Lipinski definition) is 8. The van der Waals surface area contributed by atoms with E-state index in [0.29, 0.717) is 25.2 Å². The van der Waals surface area contributed by atoms with Crippen molar-refractivity contribution in [1.29, 1.82) is 0 Å². The van der Waals surface area contributed by atoms with E-state index in [-0.39, 0.29) is 63.2 Å². The third-order valence-electron chi connectivity index (χ3n) is 8.06. The predicted molar refractivity (Wildman–Crippen MR) is 174 cm³/mol. The Hall–Kier alpha value is -5.90. The number of hydrogen-bond donors (Lipinski definition) is 3. The zero-order valence-corrected chi connectivity index (χ0v) is 26.6. The molecule has 0 atom stereocenters. The molecule has 3 aromatic heterocycles. The van der Waals surface area contributed by atoms with Gasteiger partial charge in [-0.05, 0) is 79.4 Å². The molecule has 5 aromatic rings. The lowest BCUT2D eigenvalue weighted by Gasteiger charge is -2.18. The number of amides is 2. The molecule has 0 spiro atoms. The zero-order chi connectivity index (χ0) is 35.7. The van der Waals surface area contributed by atoms with Crippen molar-refractivity contribution < 1.29 is 37.0 Å². The Bertz CT molecular complexity index is 2240. The van der Waals surface area contributed by atoms with Crippen LogP contribution in [0.4, 0.5) is 28.9 Å². The molecule has 50 heavy (non-hydrogen) atoms. The minimum absolute atomic E-state index is 0.00302. The number of anilines is 2. The first-order chi connectivity index (χ1) is 23.8. The number of pyridine rings is 1. The highest BCUT2D eigenvalue weighted by Gasteiger charge is 2.31. The van der Waals surface area contributed by atoms with E-state index in [9.17, 15) is 32.7 Å². The van der Waals surface area contributed by atoms with Gasteiger partial charge in [0.25, 0.3) is 11.5 Å². The Labute approximate surface area is 281 Å². The van der Waals surface area contributed by atoms with Crippen LogP contribution in [0.5, 0.6) is 5.75 Å². The fourth-order valence-corrected chi connectivity index (χ4v) is 5.64. The number of aromatic hydroxyl groups is 1. The number of nitrogens with one attached hydrogen (secondary N) is 2. The van der Waals surface area contributed by atoms with Crippen LogP contribution in [0, 0.1) is 12.7 Å². The van der Waals surface area contributed by atoms with Crippen LogP contribution < -0.4 is 16.2 Å². The highest BCUT2D eigenvalue weighted by molar-refractivity contribution is 6.04. The van der Waals surface area contributed by atoms with Crippen molar-refractivity contribution in [2.24, 2.45) is 0 Å². The van der Waals surface area contributed by atoms with Crippen LogP contribution in [0.1, 0.15) is 46.5 Å². The Balaban J connectivity index is 1.42. The Morgan fingerprint density at radius 3 is 2.56 bits per heavy atom. The maximum Gasteiger partial charge on any atom is 0.416 e. The van der Waals surface area contributed by atoms with Gasteiger partial charge in [0.05, 0.1) is 24.3 Å². The van der Waals surface area contributed by atoms with Crippen LogP contribution >= 0.6 is 0 Å². The molecular weight excluding hydrogens is 662 g/mol. The maximum atomic E-state index is 15.9. The van der Waals surface area contributed by atoms with Crippen molar-refractivity contribution in [3.05, 3.63) is 105 Å². The number of aryl methyl sites for hydroxylation is 1. The van der Waals surface area contributed by atoms with Crippen molar-refractivity contribution in [2.45, 2.75) is 39.4 Å². The highest BCUT2D eigenvalue weighted by atomic mass is 19.4. The van der Waals surface area contributed by atoms with Crippen LogP contribution in [0.3, 0.4) is 0 Å². The summed E-state index contributed by atoms with van der Waals surface area (Å²) < 4.78 is 63.3. The van der Waals surface area contributed by atoms with Crippen LogP contribution in [0.15, 0.2) is 65.6 Å². The first-order valence-electron chi connectivity index (χ1n) is 15.4. The monoisotopic (exact) mass is 691 g/mol. The maximum absolute atomic E-state index is 15.9. The summed E-state index contributed by atoms with van der Waals surface area (Å²) in [6.45, 7) is 3.39. The van der Waals surface area contributed by atoms with Crippen LogP contribution in [0.2, 0.25) is 0 Å². The molecule has 0 saturated carbocycles. The number of carbonyl (C=O) groups excluding carboxylic acids is 2. The lowest BCUT2D eigenvalue weighted by atomic mass is 10.0. The number of carbonyl (C=O) groups is 2. The zero-order valence-electron chi connectivity index (χ0n) is 26.6. The lowest BCUT2D eigenvalue weighted by molar-refractivity contribution is -0.137. The SMILES string of the molecule is CCc1c(-c2ccc(NC(=O)c3ncccc3O)cc2F)c(=O)n2nc(C3=CCOCC3)nc2n1CC(=O)Nc1ccc(C(F)(F)F)cc1C. The fourth-order valence-electron chi connectivity index (χ4n) is 5.64. The number of halogens is 4. The Morgan fingerprint density at radius 1 is 1.10 bits per heavy atom. The number of fused-ring (bicyclic) bond motifs is 1. The summed E-state index contributed by atoms with van der Waals surface area (Å²) in [5, 5.41) is 19.5. The van der Waals surface area contributed by atoms with Gasteiger partial charge in [-0.3, -0.25) is 14.4 Å². The van der Waals surface area contributed by atoms with Crippen molar-refractivity contribution in [2.75, 3.05) is 23.8 Å². The minimum Gasteiger partial charge on any atom is -0.505 e. The third-order valence-corrected chi connectivity index (χ3v) is 8.06. The quantitative estimate of drug-likeness (QED) is 0.184. The third kappa shape index (κ3) is 6.69. The standard InChI is InChI=1S/C34H29F4N7O5/c1-3-25-28(22-8-7-21(16-23(22)35)40-31(48)29-26(46)5-4-12-39-29)32(49)45-33(42-30(43-45)19-10-13-50-14-11-19)44(25)17-27(47)41-24-9-6-20(15-18(24)2)34(36,37)38/h4-10,12,15-16,46H,3,11,13-14,17H2,1-2H3,(H,40,48)(H,41,47). The molecule has 4 heterocycles. The van der Waals surface area contributed by atoms with Gasteiger partial charge in [0, 0.05) is 28.8 Å². The molecule has 0 radical (unpaired) electrons. The summed E-state index contributed by atoms with van der Waals surface area (Å²) >= 11 is 0. The van der Waals surface area contributed by atoms with E-state index in [0.717, 1.165) is 28.8 Å². The van der Waals surface area contributed by atoms with E-state index in [4.69, 9.17) is 4.74 Å². The van der Waals surface area contributed by atoms with Gasteiger partial charge in [0.1, 0.15) is 18.1 Å². The molecule has 2 aromatic carbocycles. The van der Waals surface area contributed by atoms with Gasteiger partial charge in [-0.15, -0.1) is 5.10 Å². The summed E-state index contributed by atoms with van der Waals surface area (Å²) in [6, 6.07) is 9.30. The molecule has 0 bridgehead atoms. The minimum atomic E-state index is -4.56. The van der Waals surface area contributed by atoms with Gasteiger partial charge in [0.2, 0.25) is 11.7 Å². The van der Waals surface area contributed by atoms with E-state index >= 15 is 4.39 Å². The van der Waals surface area contributed by atoms with Crippen LogP contribution in [-0.4, -0.2) is 54.3 Å². The van der Waals surface area contributed by atoms with E-state index < -0.39 is 41.5 Å². The molecule has 12 nitrogen and oxygen atoms in total. The second kappa shape index (κ2) is 13.5. The number of nitrogens with zero attached hydrogens (tertiary/aromatic N) is 5. The second-order valence-electron chi connectivity index (χ2n) is 11.4. The molecule has 0 unspecified atom stereocenters. The van der Waals surface area contributed by atoms with Crippen molar-refractivity contribution in [1.82, 2.24) is 24.1 Å². The summed E-state index contributed by atoms with van der Waals surface area (Å²) in [4.78, 5) is 48.6. The van der Waals surface area contributed by atoms with Crippen LogP contribution in [-0.2, 0) is 28.7 Å². The second-order valence-corrected chi connectivity index (χ2v) is 11.4. The van der Waals surface area contributed by atoms with Gasteiger partial charge in [-0.25, -0.2) is 9.37 Å². The molecular formula is C34H29F4N7O5.